The topological polar surface area (TPSA) is 43.3 Å². The summed E-state index contributed by atoms with van der Waals surface area (Å²) < 4.78 is 11.8. The molecular formula is C18H26O2S. The molecule has 116 valence electrons. The van der Waals surface area contributed by atoms with Gasteiger partial charge in [-0.2, -0.15) is 0 Å². The first-order valence-electron chi connectivity index (χ1n) is 8.43. The van der Waals surface area contributed by atoms with Gasteiger partial charge in [0.25, 0.3) is 0 Å². The van der Waals surface area contributed by atoms with E-state index in [1.807, 2.05) is 10.8 Å². The van der Waals surface area contributed by atoms with Gasteiger partial charge in [-0.1, -0.05) is 13.8 Å². The molecule has 0 amide bonds. The highest BCUT2D eigenvalue weighted by Crippen LogP contribution is 2.64. The lowest BCUT2D eigenvalue weighted by molar-refractivity contribution is -0.0613. The molecule has 0 aromatic heterocycles. The first kappa shape index (κ1) is 14.3. The molecule has 0 saturated heterocycles. The Morgan fingerprint density at radius 2 is 2.00 bits per heavy atom. The molecule has 2 unspecified atom stereocenters. The minimum Gasteiger partial charge on any atom is -0.607 e. The van der Waals surface area contributed by atoms with Crippen LogP contribution in [0.15, 0.2) is 22.5 Å². The van der Waals surface area contributed by atoms with E-state index in [0.717, 1.165) is 25.2 Å². The predicted molar refractivity (Wildman–Crippen MR) is 85.8 cm³/mol. The minimum absolute atomic E-state index is 0.0948. The normalized spacial score (nSPS) is 55.4. The van der Waals surface area contributed by atoms with Gasteiger partial charge in [-0.3, -0.25) is 0 Å². The summed E-state index contributed by atoms with van der Waals surface area (Å²) in [7, 11) is 0. The maximum absolute atomic E-state index is 11.8. The van der Waals surface area contributed by atoms with E-state index in [1.165, 1.54) is 24.8 Å². The number of aliphatic hydroxyl groups excluding tert-OH is 1. The lowest BCUT2D eigenvalue weighted by atomic mass is 9.49. The first-order chi connectivity index (χ1) is 9.95. The van der Waals surface area contributed by atoms with E-state index < -0.39 is 11.2 Å². The fourth-order valence-electron chi connectivity index (χ4n) is 6.04. The van der Waals surface area contributed by atoms with E-state index in [1.54, 1.807) is 0 Å². The molecule has 7 atom stereocenters. The highest BCUT2D eigenvalue weighted by molar-refractivity contribution is 7.97. The van der Waals surface area contributed by atoms with Crippen molar-refractivity contribution >= 4 is 11.2 Å². The van der Waals surface area contributed by atoms with Crippen LogP contribution in [0.4, 0.5) is 0 Å². The Morgan fingerprint density at radius 3 is 2.81 bits per heavy atom. The minimum atomic E-state index is -0.898. The molecule has 3 heteroatoms. The quantitative estimate of drug-likeness (QED) is 0.693. The summed E-state index contributed by atoms with van der Waals surface area (Å²) in [5.74, 6) is 2.10. The fourth-order valence-corrected chi connectivity index (χ4v) is 7.19. The van der Waals surface area contributed by atoms with Gasteiger partial charge in [0.2, 0.25) is 0 Å². The number of aliphatic hydroxyl groups is 1. The van der Waals surface area contributed by atoms with Gasteiger partial charge in [0.15, 0.2) is 0 Å². The second-order valence-electron chi connectivity index (χ2n) is 8.11. The van der Waals surface area contributed by atoms with Gasteiger partial charge in [-0.25, -0.2) is 0 Å². The van der Waals surface area contributed by atoms with Crippen molar-refractivity contribution in [3.63, 3.8) is 0 Å². The molecule has 3 saturated carbocycles. The van der Waals surface area contributed by atoms with Crippen molar-refractivity contribution in [3.8, 4) is 0 Å². The number of fused-ring (bicyclic) bond motifs is 5. The van der Waals surface area contributed by atoms with Gasteiger partial charge in [0, 0.05) is 16.6 Å². The molecule has 1 heterocycles. The monoisotopic (exact) mass is 306 g/mol. The lowest BCUT2D eigenvalue weighted by Crippen LogP contribution is -2.50. The zero-order valence-electron chi connectivity index (χ0n) is 13.0. The Balaban J connectivity index is 1.69. The molecule has 0 aromatic carbocycles. The smallest absolute Gasteiger partial charge is 0.122 e. The van der Waals surface area contributed by atoms with Gasteiger partial charge in [-0.15, -0.1) is 0 Å². The zero-order chi connectivity index (χ0) is 14.8. The maximum Gasteiger partial charge on any atom is 0.122 e. The van der Waals surface area contributed by atoms with Crippen molar-refractivity contribution in [2.45, 2.75) is 58.5 Å². The van der Waals surface area contributed by atoms with Crippen molar-refractivity contribution in [3.05, 3.63) is 22.5 Å². The Hall–Kier alpha value is -0.250. The SMILES string of the molecule is CC12C=C[S+]([O-])C=C1CC[C@@H]1[C@@H]2CC[C@]2(C)[C@@H](O)CC[C@@H]12. The number of hydrogen-bond donors (Lipinski definition) is 1. The van der Waals surface area contributed by atoms with Gasteiger partial charge < -0.3 is 9.66 Å². The van der Waals surface area contributed by atoms with E-state index >= 15 is 0 Å². The van der Waals surface area contributed by atoms with Crippen LogP contribution in [-0.2, 0) is 11.2 Å². The fraction of sp³-hybridized carbons (Fsp3) is 0.778. The average Bonchev–Trinajstić information content (AvgIpc) is 2.76. The molecule has 21 heavy (non-hydrogen) atoms. The van der Waals surface area contributed by atoms with Crippen LogP contribution in [0.2, 0.25) is 0 Å². The van der Waals surface area contributed by atoms with Crippen molar-refractivity contribution in [1.29, 1.82) is 0 Å². The van der Waals surface area contributed by atoms with E-state index in [4.69, 9.17) is 0 Å². The third-order valence-electron chi connectivity index (χ3n) is 7.40. The van der Waals surface area contributed by atoms with Gasteiger partial charge >= 0.3 is 0 Å². The largest absolute Gasteiger partial charge is 0.607 e. The standard InChI is InChI=1S/C18H26O2S/c1-17-9-10-21(20)11-12(17)3-4-13-14-5-6-16(19)18(14,2)8-7-15(13)17/h9-11,13-16,19H,3-8H2,1-2H3/t13-,14-,15-,16-,17?,18-,21?/m0/s1. The van der Waals surface area contributed by atoms with Crippen LogP contribution in [0, 0.1) is 28.6 Å². The molecule has 4 aliphatic rings. The average molecular weight is 306 g/mol. The highest BCUT2D eigenvalue weighted by Gasteiger charge is 2.58. The third-order valence-corrected chi connectivity index (χ3v) is 8.32. The van der Waals surface area contributed by atoms with Crippen LogP contribution in [0.5, 0.6) is 0 Å². The summed E-state index contributed by atoms with van der Waals surface area (Å²) in [6.45, 7) is 4.68. The molecule has 0 radical (unpaired) electrons. The second-order valence-corrected chi connectivity index (χ2v) is 9.28. The molecule has 1 N–H and O–H groups in total. The maximum atomic E-state index is 11.8. The molecule has 0 bridgehead atoms. The van der Waals surface area contributed by atoms with Crippen LogP contribution in [0.25, 0.3) is 0 Å². The van der Waals surface area contributed by atoms with E-state index in [2.05, 4.69) is 19.9 Å². The summed E-state index contributed by atoms with van der Waals surface area (Å²) in [6, 6.07) is 0. The van der Waals surface area contributed by atoms with Crippen LogP contribution >= 0.6 is 0 Å². The first-order valence-corrected chi connectivity index (χ1v) is 9.71. The van der Waals surface area contributed by atoms with E-state index in [9.17, 15) is 9.66 Å². The lowest BCUT2D eigenvalue weighted by Gasteiger charge is -2.56. The van der Waals surface area contributed by atoms with Crippen molar-refractivity contribution in [2.24, 2.45) is 28.6 Å². The number of rotatable bonds is 0. The Labute approximate surface area is 130 Å². The van der Waals surface area contributed by atoms with Crippen LogP contribution in [-0.4, -0.2) is 15.8 Å². The molecule has 1 aliphatic heterocycles. The third kappa shape index (κ3) is 1.87. The Kier molecular flexibility index (Phi) is 3.16. The Bertz CT molecular complexity index is 513. The van der Waals surface area contributed by atoms with Crippen molar-refractivity contribution in [2.75, 3.05) is 0 Å². The molecule has 2 nitrogen and oxygen atoms in total. The second kappa shape index (κ2) is 4.62. The van der Waals surface area contributed by atoms with Gasteiger partial charge in [0.05, 0.1) is 6.10 Å². The van der Waals surface area contributed by atoms with Gasteiger partial charge in [0.1, 0.15) is 10.8 Å². The summed E-state index contributed by atoms with van der Waals surface area (Å²) in [6.07, 6.45) is 9.01. The number of hydrogen-bond acceptors (Lipinski definition) is 2. The van der Waals surface area contributed by atoms with Gasteiger partial charge in [-0.05, 0) is 73.3 Å². The molecular weight excluding hydrogens is 280 g/mol. The molecule has 4 rings (SSSR count). The van der Waals surface area contributed by atoms with E-state index in [-0.39, 0.29) is 16.9 Å². The number of allylic oxidation sites excluding steroid dienone is 2. The predicted octanol–water partition coefficient (Wildman–Crippen LogP) is 3.75. The van der Waals surface area contributed by atoms with Crippen molar-refractivity contribution in [1.82, 2.24) is 0 Å². The Morgan fingerprint density at radius 1 is 1.19 bits per heavy atom. The van der Waals surface area contributed by atoms with Crippen LogP contribution in [0.1, 0.15) is 52.4 Å². The zero-order valence-corrected chi connectivity index (χ0v) is 13.9. The molecule has 3 aliphatic carbocycles. The molecule has 3 fully saturated rings. The summed E-state index contributed by atoms with van der Waals surface area (Å²) >= 11 is -0.898. The van der Waals surface area contributed by atoms with Crippen molar-refractivity contribution < 1.29 is 9.66 Å². The molecule has 0 spiro atoms. The van der Waals surface area contributed by atoms with Crippen LogP contribution < -0.4 is 0 Å². The highest BCUT2D eigenvalue weighted by atomic mass is 32.2. The summed E-state index contributed by atoms with van der Waals surface area (Å²) in [4.78, 5) is 0. The molecule has 0 aromatic rings. The van der Waals surface area contributed by atoms with E-state index in [0.29, 0.717) is 11.8 Å². The van der Waals surface area contributed by atoms with Crippen LogP contribution in [0.3, 0.4) is 0 Å². The summed E-state index contributed by atoms with van der Waals surface area (Å²) in [5.41, 5.74) is 1.68. The summed E-state index contributed by atoms with van der Waals surface area (Å²) in [5, 5.41) is 14.3.